The fourth-order valence-electron chi connectivity index (χ4n) is 2.67. The third-order valence-corrected chi connectivity index (χ3v) is 3.60. The Morgan fingerprint density at radius 3 is 2.00 bits per heavy atom. The number of aromatic nitrogens is 1. The van der Waals surface area contributed by atoms with E-state index in [1.165, 1.54) is 41.5 Å². The van der Waals surface area contributed by atoms with E-state index in [1.54, 1.807) is 0 Å². The summed E-state index contributed by atoms with van der Waals surface area (Å²) in [5.41, 5.74) is 6.72. The lowest BCUT2D eigenvalue weighted by Gasteiger charge is -2.08. The number of pyridine rings is 1. The van der Waals surface area contributed by atoms with Gasteiger partial charge in [-0.1, -0.05) is 36.4 Å². The maximum Gasteiger partial charge on any atom is 0.271 e. The quantitative estimate of drug-likeness (QED) is 0.884. The summed E-state index contributed by atoms with van der Waals surface area (Å²) in [4.78, 5) is 4.42. The Labute approximate surface area is 137 Å². The molecule has 1 aromatic carbocycles. The van der Waals surface area contributed by atoms with Gasteiger partial charge in [-0.15, -0.1) is 0 Å². The van der Waals surface area contributed by atoms with Crippen LogP contribution in [0, 0.1) is 6.92 Å². The molecule has 0 saturated carbocycles. The minimum atomic E-state index is -3.67. The summed E-state index contributed by atoms with van der Waals surface area (Å²) in [6.07, 6.45) is 5.63. The topological polar surface area (TPSA) is 99.1 Å². The van der Waals surface area contributed by atoms with Crippen LogP contribution in [0.25, 0.3) is 11.1 Å². The summed E-state index contributed by atoms with van der Waals surface area (Å²) >= 11 is 0. The number of hydrogen-bond acceptors (Lipinski definition) is 3. The fourth-order valence-corrected chi connectivity index (χ4v) is 2.67. The number of hydrogen-bond donors (Lipinski definition) is 2. The van der Waals surface area contributed by atoms with Gasteiger partial charge in [-0.25, -0.2) is 10.3 Å². The van der Waals surface area contributed by atoms with Crippen molar-refractivity contribution in [3.63, 3.8) is 0 Å². The van der Waals surface area contributed by atoms with Crippen molar-refractivity contribution in [2.75, 3.05) is 0 Å². The van der Waals surface area contributed by atoms with E-state index in [0.717, 1.165) is 5.69 Å². The van der Waals surface area contributed by atoms with Gasteiger partial charge in [0.25, 0.3) is 10.2 Å². The van der Waals surface area contributed by atoms with E-state index in [-0.39, 0.29) is 0 Å². The fraction of sp³-hybridized carbons (Fsp3) is 0.235. The van der Waals surface area contributed by atoms with Gasteiger partial charge in [0.1, 0.15) is 0 Å². The van der Waals surface area contributed by atoms with Crippen molar-refractivity contribution in [1.82, 2.24) is 4.98 Å². The number of nitrogens with two attached hydrogens (primary N) is 2. The van der Waals surface area contributed by atoms with Gasteiger partial charge in [0.15, 0.2) is 0 Å². The monoisotopic (exact) mass is 331 g/mol. The number of nitrogens with zero attached hydrogens (tertiary/aromatic N) is 1. The predicted molar refractivity (Wildman–Crippen MR) is 93.4 cm³/mol. The lowest BCUT2D eigenvalue weighted by Crippen LogP contribution is -2.21. The van der Waals surface area contributed by atoms with Gasteiger partial charge in [0, 0.05) is 11.9 Å². The van der Waals surface area contributed by atoms with Crippen LogP contribution in [-0.4, -0.2) is 13.4 Å². The van der Waals surface area contributed by atoms with Crippen LogP contribution >= 0.6 is 0 Å². The smallest absolute Gasteiger partial charge is 0.261 e. The van der Waals surface area contributed by atoms with E-state index < -0.39 is 10.2 Å². The molecule has 1 aliphatic rings. The molecule has 0 radical (unpaired) electrons. The van der Waals surface area contributed by atoms with Crippen LogP contribution < -0.4 is 10.3 Å². The second-order valence-electron chi connectivity index (χ2n) is 5.45. The summed E-state index contributed by atoms with van der Waals surface area (Å²) < 4.78 is 18.4. The molecule has 0 spiro atoms. The molecule has 0 aliphatic heterocycles. The van der Waals surface area contributed by atoms with Gasteiger partial charge >= 0.3 is 0 Å². The highest BCUT2D eigenvalue weighted by Crippen LogP contribution is 2.39. The Morgan fingerprint density at radius 2 is 1.48 bits per heavy atom. The van der Waals surface area contributed by atoms with Gasteiger partial charge in [0.2, 0.25) is 0 Å². The van der Waals surface area contributed by atoms with Crippen molar-refractivity contribution in [3.05, 3.63) is 65.5 Å². The van der Waals surface area contributed by atoms with E-state index in [1.807, 2.05) is 13.1 Å². The molecule has 2 aromatic rings. The van der Waals surface area contributed by atoms with Gasteiger partial charge in [0.05, 0.1) is 0 Å². The zero-order valence-corrected chi connectivity index (χ0v) is 13.9. The van der Waals surface area contributed by atoms with Crippen molar-refractivity contribution < 1.29 is 8.42 Å². The molecule has 0 atom stereocenters. The SMILES string of the molecule is Cc1ccc(C2=C(c3ccccc3)CCC2)cn1.NS(N)(=O)=O. The van der Waals surface area contributed by atoms with Gasteiger partial charge in [-0.05, 0) is 54.5 Å². The molecule has 0 bridgehead atoms. The Kier molecular flexibility index (Phi) is 5.65. The minimum absolute atomic E-state index is 1.08. The minimum Gasteiger partial charge on any atom is -0.261 e. The molecule has 6 heteroatoms. The molecule has 1 heterocycles. The zero-order valence-electron chi connectivity index (χ0n) is 13.1. The first-order valence-corrected chi connectivity index (χ1v) is 8.96. The highest BCUT2D eigenvalue weighted by Gasteiger charge is 2.17. The lowest BCUT2D eigenvalue weighted by atomic mass is 9.98. The van der Waals surface area contributed by atoms with Gasteiger partial charge in [-0.2, -0.15) is 8.42 Å². The molecule has 0 amide bonds. The summed E-state index contributed by atoms with van der Waals surface area (Å²) in [5, 5.41) is 8.21. The Balaban J connectivity index is 0.000000338. The molecule has 23 heavy (non-hydrogen) atoms. The van der Waals surface area contributed by atoms with Crippen LogP contribution in [0.15, 0.2) is 48.7 Å². The summed E-state index contributed by atoms with van der Waals surface area (Å²) in [5.74, 6) is 0. The summed E-state index contributed by atoms with van der Waals surface area (Å²) in [6.45, 7) is 2.03. The molecular weight excluding hydrogens is 310 g/mol. The molecule has 122 valence electrons. The second-order valence-corrected chi connectivity index (χ2v) is 6.63. The Morgan fingerprint density at radius 1 is 0.913 bits per heavy atom. The van der Waals surface area contributed by atoms with E-state index in [2.05, 4.69) is 57.7 Å². The molecular formula is C17H21N3O2S. The van der Waals surface area contributed by atoms with Crippen LogP contribution in [-0.2, 0) is 10.2 Å². The van der Waals surface area contributed by atoms with Crippen molar-refractivity contribution in [2.24, 2.45) is 10.3 Å². The molecule has 4 N–H and O–H groups in total. The maximum absolute atomic E-state index is 9.19. The van der Waals surface area contributed by atoms with Crippen LogP contribution in [0.1, 0.15) is 36.1 Å². The van der Waals surface area contributed by atoms with Gasteiger partial charge in [-0.3, -0.25) is 4.98 Å². The van der Waals surface area contributed by atoms with Crippen molar-refractivity contribution >= 4 is 21.4 Å². The van der Waals surface area contributed by atoms with Crippen LogP contribution in [0.3, 0.4) is 0 Å². The molecule has 0 saturated heterocycles. The van der Waals surface area contributed by atoms with E-state index in [9.17, 15) is 8.42 Å². The first-order valence-electron chi connectivity index (χ1n) is 7.35. The van der Waals surface area contributed by atoms with Crippen molar-refractivity contribution in [3.8, 4) is 0 Å². The highest BCUT2D eigenvalue weighted by molar-refractivity contribution is 7.86. The number of aryl methyl sites for hydroxylation is 1. The summed E-state index contributed by atoms with van der Waals surface area (Å²) in [6, 6.07) is 15.0. The van der Waals surface area contributed by atoms with Crippen molar-refractivity contribution in [1.29, 1.82) is 0 Å². The molecule has 0 unspecified atom stereocenters. The normalized spacial score (nSPS) is 14.4. The summed E-state index contributed by atoms with van der Waals surface area (Å²) in [7, 11) is -3.67. The lowest BCUT2D eigenvalue weighted by molar-refractivity contribution is 0.599. The first kappa shape index (κ1) is 17.3. The number of allylic oxidation sites excluding steroid dienone is 2. The van der Waals surface area contributed by atoms with E-state index in [0.29, 0.717) is 0 Å². The standard InChI is InChI=1S/C17H17N.H4N2O2S/c1-13-10-11-15(12-18-13)17-9-5-8-16(17)14-6-3-2-4-7-14;1-5(2,3)4/h2-4,6-7,10-12H,5,8-9H2,1H3;(H4,1,2,3,4). The number of benzene rings is 1. The zero-order chi connectivity index (χ0) is 16.9. The predicted octanol–water partition coefficient (Wildman–Crippen LogP) is 2.63. The average Bonchev–Trinajstić information content (AvgIpc) is 2.97. The van der Waals surface area contributed by atoms with E-state index >= 15 is 0 Å². The van der Waals surface area contributed by atoms with Gasteiger partial charge < -0.3 is 0 Å². The first-order chi connectivity index (χ1) is 10.8. The maximum atomic E-state index is 9.19. The van der Waals surface area contributed by atoms with Crippen LogP contribution in [0.4, 0.5) is 0 Å². The third kappa shape index (κ3) is 5.59. The Hall–Kier alpha value is -2.02. The molecule has 1 aromatic heterocycles. The van der Waals surface area contributed by atoms with Crippen LogP contribution in [0.2, 0.25) is 0 Å². The highest BCUT2D eigenvalue weighted by atomic mass is 32.2. The largest absolute Gasteiger partial charge is 0.271 e. The third-order valence-electron chi connectivity index (χ3n) is 3.60. The molecule has 5 nitrogen and oxygen atoms in total. The van der Waals surface area contributed by atoms with Crippen LogP contribution in [0.5, 0.6) is 0 Å². The molecule has 0 fully saturated rings. The number of rotatable bonds is 2. The van der Waals surface area contributed by atoms with Crippen molar-refractivity contribution in [2.45, 2.75) is 26.2 Å². The molecule has 3 rings (SSSR count). The Bertz CT molecular complexity index is 774. The second kappa shape index (κ2) is 7.50. The van der Waals surface area contributed by atoms with E-state index in [4.69, 9.17) is 0 Å². The molecule has 1 aliphatic carbocycles. The average molecular weight is 331 g/mol.